The molecule has 2 aromatic rings. The lowest BCUT2D eigenvalue weighted by molar-refractivity contribution is -0.137. The van der Waals surface area contributed by atoms with Gasteiger partial charge in [-0.2, -0.15) is 18.4 Å². The SMILES string of the molecule is N#CC1(NC(=O)c2ccc(S(=O)(=O)Nc3cccc(C(F)(F)F)c3)cc2)CCC1. The number of nitriles is 1. The van der Waals surface area contributed by atoms with Crippen LogP contribution < -0.4 is 10.0 Å². The van der Waals surface area contributed by atoms with Crippen molar-refractivity contribution in [1.82, 2.24) is 5.32 Å². The van der Waals surface area contributed by atoms with E-state index in [0.29, 0.717) is 18.9 Å². The van der Waals surface area contributed by atoms with Crippen molar-refractivity contribution in [3.05, 3.63) is 59.7 Å². The van der Waals surface area contributed by atoms with E-state index in [9.17, 15) is 31.6 Å². The number of nitrogens with zero attached hydrogens (tertiary/aromatic N) is 1. The molecule has 1 amide bonds. The Morgan fingerprint density at radius 3 is 2.28 bits per heavy atom. The van der Waals surface area contributed by atoms with Crippen LogP contribution in [0.2, 0.25) is 0 Å². The molecule has 1 fully saturated rings. The first-order valence-electron chi connectivity index (χ1n) is 8.59. The summed E-state index contributed by atoms with van der Waals surface area (Å²) in [7, 11) is -4.15. The second-order valence-corrected chi connectivity index (χ2v) is 8.39. The first kappa shape index (κ1) is 20.7. The Kier molecular flexibility index (Phi) is 5.28. The van der Waals surface area contributed by atoms with Gasteiger partial charge in [0.2, 0.25) is 0 Å². The summed E-state index contributed by atoms with van der Waals surface area (Å²) >= 11 is 0. The Labute approximate surface area is 165 Å². The van der Waals surface area contributed by atoms with Gasteiger partial charge in [0.15, 0.2) is 0 Å². The zero-order valence-corrected chi connectivity index (χ0v) is 15.8. The number of carbonyl (C=O) groups excluding carboxylic acids is 1. The second-order valence-electron chi connectivity index (χ2n) is 6.71. The van der Waals surface area contributed by atoms with Gasteiger partial charge in [0.05, 0.1) is 16.5 Å². The average molecular weight is 423 g/mol. The highest BCUT2D eigenvalue weighted by atomic mass is 32.2. The fourth-order valence-corrected chi connectivity index (χ4v) is 3.89. The molecular formula is C19H16F3N3O3S. The molecule has 0 aliphatic heterocycles. The zero-order chi connectivity index (χ0) is 21.3. The molecule has 0 unspecified atom stereocenters. The molecule has 2 aromatic carbocycles. The molecule has 0 radical (unpaired) electrons. The molecule has 0 heterocycles. The molecule has 1 saturated carbocycles. The van der Waals surface area contributed by atoms with Gasteiger partial charge in [0.1, 0.15) is 5.54 Å². The first-order valence-corrected chi connectivity index (χ1v) is 10.1. The molecule has 6 nitrogen and oxygen atoms in total. The minimum Gasteiger partial charge on any atom is -0.334 e. The van der Waals surface area contributed by atoms with Crippen molar-refractivity contribution in [3.8, 4) is 6.07 Å². The third-order valence-electron chi connectivity index (χ3n) is 4.64. The van der Waals surface area contributed by atoms with Crippen molar-refractivity contribution in [2.45, 2.75) is 35.9 Å². The molecule has 0 spiro atoms. The van der Waals surface area contributed by atoms with E-state index < -0.39 is 33.2 Å². The molecule has 1 aliphatic rings. The van der Waals surface area contributed by atoms with E-state index in [-0.39, 0.29) is 16.1 Å². The molecule has 0 bridgehead atoms. The Morgan fingerprint density at radius 1 is 1.10 bits per heavy atom. The van der Waals surface area contributed by atoms with Gasteiger partial charge in [-0.15, -0.1) is 0 Å². The molecule has 2 N–H and O–H groups in total. The van der Waals surface area contributed by atoms with Gasteiger partial charge in [-0.3, -0.25) is 9.52 Å². The highest BCUT2D eigenvalue weighted by Gasteiger charge is 2.38. The number of alkyl halides is 3. The van der Waals surface area contributed by atoms with Crippen LogP contribution in [0, 0.1) is 11.3 Å². The third-order valence-corrected chi connectivity index (χ3v) is 6.04. The number of amides is 1. The van der Waals surface area contributed by atoms with Crippen LogP contribution in [-0.2, 0) is 16.2 Å². The van der Waals surface area contributed by atoms with Gasteiger partial charge < -0.3 is 5.32 Å². The number of sulfonamides is 1. The summed E-state index contributed by atoms with van der Waals surface area (Å²) in [6.45, 7) is 0. The van der Waals surface area contributed by atoms with Crippen LogP contribution in [0.4, 0.5) is 18.9 Å². The molecule has 10 heteroatoms. The quantitative estimate of drug-likeness (QED) is 0.766. The normalized spacial score (nSPS) is 15.7. The van der Waals surface area contributed by atoms with E-state index in [1.54, 1.807) is 0 Å². The summed E-state index contributed by atoms with van der Waals surface area (Å²) in [4.78, 5) is 12.0. The average Bonchev–Trinajstić information content (AvgIpc) is 2.64. The molecule has 152 valence electrons. The topological polar surface area (TPSA) is 99.1 Å². The van der Waals surface area contributed by atoms with Crippen LogP contribution in [0.5, 0.6) is 0 Å². The molecule has 0 atom stereocenters. The summed E-state index contributed by atoms with van der Waals surface area (Å²) in [5.74, 6) is -0.499. The number of halogens is 3. The Hall–Kier alpha value is -3.06. The molecule has 1 aliphatic carbocycles. The third kappa shape index (κ3) is 4.51. The predicted octanol–water partition coefficient (Wildman–Crippen LogP) is 3.68. The number of rotatable bonds is 5. The summed E-state index contributed by atoms with van der Waals surface area (Å²) in [5.41, 5.74) is -1.92. The molecule has 3 rings (SSSR count). The standard InChI is InChI=1S/C19H16F3N3O3S/c20-19(21,22)14-3-1-4-15(11-14)25-29(27,28)16-7-5-13(6-8-16)17(26)24-18(12-23)9-2-10-18/h1,3-8,11,25H,2,9-10H2,(H,24,26). The Balaban J connectivity index is 1.75. The van der Waals surface area contributed by atoms with Crippen LogP contribution in [-0.4, -0.2) is 19.9 Å². The van der Waals surface area contributed by atoms with Gasteiger partial charge in [0.25, 0.3) is 15.9 Å². The van der Waals surface area contributed by atoms with E-state index >= 15 is 0 Å². The van der Waals surface area contributed by atoms with Crippen molar-refractivity contribution >= 4 is 21.6 Å². The van der Waals surface area contributed by atoms with Crippen molar-refractivity contribution in [3.63, 3.8) is 0 Å². The van der Waals surface area contributed by atoms with Crippen LogP contribution in [0.25, 0.3) is 0 Å². The maximum atomic E-state index is 12.8. The fraction of sp³-hybridized carbons (Fsp3) is 0.263. The second kappa shape index (κ2) is 7.40. The van der Waals surface area contributed by atoms with E-state index in [0.717, 1.165) is 18.6 Å². The lowest BCUT2D eigenvalue weighted by atomic mass is 9.78. The van der Waals surface area contributed by atoms with Crippen molar-refractivity contribution < 1.29 is 26.4 Å². The van der Waals surface area contributed by atoms with E-state index in [1.165, 1.54) is 30.3 Å². The van der Waals surface area contributed by atoms with Crippen LogP contribution in [0.1, 0.15) is 35.2 Å². The van der Waals surface area contributed by atoms with Crippen molar-refractivity contribution in [2.75, 3.05) is 4.72 Å². The monoisotopic (exact) mass is 423 g/mol. The smallest absolute Gasteiger partial charge is 0.334 e. The summed E-state index contributed by atoms with van der Waals surface area (Å²) in [6.07, 6.45) is -2.64. The Morgan fingerprint density at radius 2 is 1.76 bits per heavy atom. The number of nitrogens with one attached hydrogen (secondary N) is 2. The van der Waals surface area contributed by atoms with Gasteiger partial charge >= 0.3 is 6.18 Å². The molecule has 0 saturated heterocycles. The summed E-state index contributed by atoms with van der Waals surface area (Å²) < 4.78 is 65.3. The maximum absolute atomic E-state index is 12.8. The number of hydrogen-bond acceptors (Lipinski definition) is 4. The molecule has 29 heavy (non-hydrogen) atoms. The number of hydrogen-bond donors (Lipinski definition) is 2. The van der Waals surface area contributed by atoms with Crippen molar-refractivity contribution in [1.29, 1.82) is 5.26 Å². The van der Waals surface area contributed by atoms with Crippen LogP contribution in [0.15, 0.2) is 53.4 Å². The zero-order valence-electron chi connectivity index (χ0n) is 15.0. The highest BCUT2D eigenvalue weighted by Crippen LogP contribution is 2.32. The lowest BCUT2D eigenvalue weighted by Gasteiger charge is -2.35. The number of anilines is 1. The minimum atomic E-state index is -4.60. The molecular weight excluding hydrogens is 407 g/mol. The minimum absolute atomic E-state index is 0.171. The predicted molar refractivity (Wildman–Crippen MR) is 98.4 cm³/mol. The van der Waals surface area contributed by atoms with Gasteiger partial charge in [-0.05, 0) is 61.7 Å². The van der Waals surface area contributed by atoms with Gasteiger partial charge in [0, 0.05) is 11.3 Å². The maximum Gasteiger partial charge on any atom is 0.416 e. The van der Waals surface area contributed by atoms with E-state index in [4.69, 9.17) is 0 Å². The van der Waals surface area contributed by atoms with Gasteiger partial charge in [-0.1, -0.05) is 6.07 Å². The lowest BCUT2D eigenvalue weighted by Crippen LogP contribution is -2.52. The number of carbonyl (C=O) groups is 1. The van der Waals surface area contributed by atoms with E-state index in [1.807, 2.05) is 0 Å². The summed E-state index contributed by atoms with van der Waals surface area (Å²) in [5, 5.41) is 11.8. The van der Waals surface area contributed by atoms with Gasteiger partial charge in [-0.25, -0.2) is 8.42 Å². The largest absolute Gasteiger partial charge is 0.416 e. The van der Waals surface area contributed by atoms with E-state index in [2.05, 4.69) is 16.1 Å². The fourth-order valence-electron chi connectivity index (χ4n) is 2.84. The van der Waals surface area contributed by atoms with Crippen LogP contribution in [0.3, 0.4) is 0 Å². The first-order chi connectivity index (χ1) is 13.5. The Bertz CT molecular complexity index is 1070. The summed E-state index contributed by atoms with van der Waals surface area (Å²) in [6, 6.07) is 10.8. The highest BCUT2D eigenvalue weighted by molar-refractivity contribution is 7.92. The van der Waals surface area contributed by atoms with Crippen LogP contribution >= 0.6 is 0 Å². The number of benzene rings is 2. The van der Waals surface area contributed by atoms with Crippen molar-refractivity contribution in [2.24, 2.45) is 0 Å². The molecule has 0 aromatic heterocycles.